The van der Waals surface area contributed by atoms with Gasteiger partial charge in [0, 0.05) is 6.42 Å². The van der Waals surface area contributed by atoms with Crippen LogP contribution in [-0.2, 0) is 32.0 Å². The lowest BCUT2D eigenvalue weighted by molar-refractivity contribution is -0.139. The largest absolute Gasteiger partial charge is 0.508 e. The molecule has 1 amide bonds. The lowest BCUT2D eigenvalue weighted by atomic mass is 10.1. The average Bonchev–Trinajstić information content (AvgIpc) is 2.80. The molecule has 0 bridgehead atoms. The maximum absolute atomic E-state index is 11.7. The molecule has 35 heavy (non-hydrogen) atoms. The maximum atomic E-state index is 11.7. The van der Waals surface area contributed by atoms with Gasteiger partial charge in [-0.15, -0.1) is 0 Å². The summed E-state index contributed by atoms with van der Waals surface area (Å²) >= 11 is 0. The lowest BCUT2D eigenvalue weighted by Crippen LogP contribution is -2.35. The highest BCUT2D eigenvalue weighted by Crippen LogP contribution is 2.14. The number of hydrogen-bond acceptors (Lipinski definition) is 9. The minimum Gasteiger partial charge on any atom is -0.508 e. The van der Waals surface area contributed by atoms with Crippen LogP contribution < -0.4 is 27.7 Å². The van der Waals surface area contributed by atoms with E-state index in [1.165, 1.54) is 24.3 Å². The monoisotopic (exact) mass is 490 g/mol. The first kappa shape index (κ1) is 29.0. The Morgan fingerprint density at radius 3 is 1.57 bits per heavy atom. The molecule has 0 aliphatic heterocycles. The number of carbonyl (C=O) groups excluding carboxylic acids is 2. The van der Waals surface area contributed by atoms with E-state index in [9.17, 15) is 19.2 Å². The number of esters is 1. The lowest BCUT2D eigenvalue weighted by Gasteiger charge is -2.11. The van der Waals surface area contributed by atoms with Gasteiger partial charge in [0.15, 0.2) is 0 Å². The van der Waals surface area contributed by atoms with E-state index >= 15 is 0 Å². The molecule has 12 nitrogen and oxygen atoms in total. The van der Waals surface area contributed by atoms with Crippen LogP contribution in [-0.4, -0.2) is 57.3 Å². The SMILES string of the molecule is NC(=O)CC[C@H](N)C(=O)Oc1ccc(C[C@H](N)C(=O)O)cc1.N[C@@H](Cc1ccc(O)cc1)C(=O)O. The molecule has 0 aliphatic rings. The molecule has 0 spiro atoms. The highest BCUT2D eigenvalue weighted by molar-refractivity contribution is 5.80. The van der Waals surface area contributed by atoms with Crippen molar-refractivity contribution in [1.29, 1.82) is 0 Å². The summed E-state index contributed by atoms with van der Waals surface area (Å²) in [6.07, 6.45) is 0.555. The molecule has 0 heterocycles. The van der Waals surface area contributed by atoms with Crippen molar-refractivity contribution in [2.75, 3.05) is 0 Å². The van der Waals surface area contributed by atoms with Crippen LogP contribution >= 0.6 is 0 Å². The number of rotatable bonds is 11. The van der Waals surface area contributed by atoms with Crippen molar-refractivity contribution >= 4 is 23.8 Å². The van der Waals surface area contributed by atoms with Crippen molar-refractivity contribution in [2.24, 2.45) is 22.9 Å². The average molecular weight is 491 g/mol. The van der Waals surface area contributed by atoms with Crippen LogP contribution in [0.15, 0.2) is 48.5 Å². The summed E-state index contributed by atoms with van der Waals surface area (Å²) in [5.41, 5.74) is 22.8. The van der Waals surface area contributed by atoms with Gasteiger partial charge in [-0.1, -0.05) is 24.3 Å². The second-order valence-electron chi connectivity index (χ2n) is 7.64. The molecular formula is C23H30N4O8. The van der Waals surface area contributed by atoms with Crippen LogP contribution in [0.5, 0.6) is 11.5 Å². The number of carbonyl (C=O) groups is 4. The standard InChI is InChI=1S/C14H19N3O5.C9H11NO3/c15-10(5-6-12(17)18)14(21)22-9-3-1-8(2-4-9)7-11(16)13(19)20;10-8(9(12)13)5-6-1-3-7(11)4-2-6/h1-4,10-11H,5-7,15-16H2,(H2,17,18)(H,19,20);1-4,8,11H,5,10H2,(H,12,13)/t10-,11-;8-/m00/s1. The Morgan fingerprint density at radius 2 is 1.17 bits per heavy atom. The Hall–Kier alpha value is -4.00. The zero-order valence-electron chi connectivity index (χ0n) is 18.9. The minimum absolute atomic E-state index is 0.00226. The number of benzene rings is 2. The Kier molecular flexibility index (Phi) is 11.9. The van der Waals surface area contributed by atoms with Gasteiger partial charge in [0.25, 0.3) is 0 Å². The number of nitrogens with two attached hydrogens (primary N) is 4. The fourth-order valence-electron chi connectivity index (χ4n) is 2.62. The Bertz CT molecular complexity index is 996. The molecule has 11 N–H and O–H groups in total. The van der Waals surface area contributed by atoms with Crippen molar-refractivity contribution in [3.05, 3.63) is 59.7 Å². The zero-order valence-corrected chi connectivity index (χ0v) is 18.9. The van der Waals surface area contributed by atoms with Gasteiger partial charge in [-0.2, -0.15) is 0 Å². The van der Waals surface area contributed by atoms with Gasteiger partial charge in [0.1, 0.15) is 29.6 Å². The first-order valence-corrected chi connectivity index (χ1v) is 10.5. The number of hydrogen-bond donors (Lipinski definition) is 7. The number of aliphatic carboxylic acids is 2. The highest BCUT2D eigenvalue weighted by atomic mass is 16.5. The molecule has 2 aromatic carbocycles. The number of phenols is 1. The molecule has 3 atom stereocenters. The Labute approximate surface area is 201 Å². The predicted octanol–water partition coefficient (Wildman–Crippen LogP) is -0.514. The summed E-state index contributed by atoms with van der Waals surface area (Å²) in [5.74, 6) is -2.89. The van der Waals surface area contributed by atoms with Crippen LogP contribution in [0.3, 0.4) is 0 Å². The molecule has 0 radical (unpaired) electrons. The summed E-state index contributed by atoms with van der Waals surface area (Å²) in [7, 11) is 0. The van der Waals surface area contributed by atoms with E-state index in [0.717, 1.165) is 5.56 Å². The van der Waals surface area contributed by atoms with Crippen LogP contribution in [0.4, 0.5) is 0 Å². The summed E-state index contributed by atoms with van der Waals surface area (Å²) in [4.78, 5) is 43.4. The van der Waals surface area contributed by atoms with Crippen LogP contribution in [0.25, 0.3) is 0 Å². The first-order chi connectivity index (χ1) is 16.4. The van der Waals surface area contributed by atoms with Crippen LogP contribution in [0.2, 0.25) is 0 Å². The number of phenolic OH excluding ortho intramolecular Hbond substituents is 1. The Balaban J connectivity index is 0.000000400. The first-order valence-electron chi connectivity index (χ1n) is 10.5. The molecular weight excluding hydrogens is 460 g/mol. The summed E-state index contributed by atoms with van der Waals surface area (Å²) in [5, 5.41) is 26.2. The molecule has 190 valence electrons. The van der Waals surface area contributed by atoms with E-state index in [2.05, 4.69) is 0 Å². The molecule has 0 unspecified atom stereocenters. The van der Waals surface area contributed by atoms with E-state index < -0.39 is 41.9 Å². The number of amides is 1. The number of ether oxygens (including phenoxy) is 1. The highest BCUT2D eigenvalue weighted by Gasteiger charge is 2.17. The predicted molar refractivity (Wildman–Crippen MR) is 125 cm³/mol. The normalized spacial score (nSPS) is 12.9. The van der Waals surface area contributed by atoms with Crippen molar-refractivity contribution in [2.45, 2.75) is 43.8 Å². The smallest absolute Gasteiger partial charge is 0.328 e. The van der Waals surface area contributed by atoms with Gasteiger partial charge in [-0.25, -0.2) is 4.79 Å². The third-order valence-corrected chi connectivity index (χ3v) is 4.63. The quantitative estimate of drug-likeness (QED) is 0.156. The number of aromatic hydroxyl groups is 1. The van der Waals surface area contributed by atoms with Crippen molar-refractivity contribution in [3.8, 4) is 11.5 Å². The number of carboxylic acid groups (broad SMARTS) is 2. The van der Waals surface area contributed by atoms with Crippen LogP contribution in [0.1, 0.15) is 24.0 Å². The number of primary amides is 1. The van der Waals surface area contributed by atoms with Gasteiger partial charge < -0.3 is 43.0 Å². The second-order valence-corrected chi connectivity index (χ2v) is 7.64. The van der Waals surface area contributed by atoms with Gasteiger partial charge in [0.2, 0.25) is 5.91 Å². The number of carboxylic acids is 2. The topological polar surface area (TPSA) is 242 Å². The molecule has 0 aromatic heterocycles. The van der Waals surface area contributed by atoms with E-state index in [1.807, 2.05) is 0 Å². The van der Waals surface area contributed by atoms with Gasteiger partial charge in [-0.05, 0) is 54.7 Å². The molecule has 0 saturated heterocycles. The minimum atomic E-state index is -1.09. The van der Waals surface area contributed by atoms with Crippen molar-refractivity contribution < 1.29 is 39.2 Å². The fourth-order valence-corrected chi connectivity index (χ4v) is 2.62. The van der Waals surface area contributed by atoms with Gasteiger partial charge >= 0.3 is 17.9 Å². The summed E-state index contributed by atoms with van der Waals surface area (Å²) in [6.45, 7) is 0. The van der Waals surface area contributed by atoms with E-state index in [-0.39, 0.29) is 37.2 Å². The third-order valence-electron chi connectivity index (χ3n) is 4.63. The van der Waals surface area contributed by atoms with Crippen LogP contribution in [0, 0.1) is 0 Å². The van der Waals surface area contributed by atoms with Gasteiger partial charge in [0.05, 0.1) is 0 Å². The molecule has 2 rings (SSSR count). The molecule has 0 saturated carbocycles. The van der Waals surface area contributed by atoms with E-state index in [4.69, 9.17) is 43.0 Å². The molecule has 0 fully saturated rings. The third kappa shape index (κ3) is 11.6. The molecule has 12 heteroatoms. The second kappa shape index (κ2) is 14.3. The zero-order chi connectivity index (χ0) is 26.5. The van der Waals surface area contributed by atoms with E-state index in [1.54, 1.807) is 24.3 Å². The fraction of sp³-hybridized carbons (Fsp3) is 0.304. The molecule has 2 aromatic rings. The summed E-state index contributed by atoms with van der Waals surface area (Å²) < 4.78 is 5.05. The van der Waals surface area contributed by atoms with E-state index in [0.29, 0.717) is 5.56 Å². The van der Waals surface area contributed by atoms with Crippen molar-refractivity contribution in [3.63, 3.8) is 0 Å². The maximum Gasteiger partial charge on any atom is 0.328 e. The molecule has 0 aliphatic carbocycles. The Morgan fingerprint density at radius 1 is 0.743 bits per heavy atom. The van der Waals surface area contributed by atoms with Crippen molar-refractivity contribution in [1.82, 2.24) is 0 Å². The summed E-state index contributed by atoms with van der Waals surface area (Å²) in [6, 6.07) is 9.75. The van der Waals surface area contributed by atoms with Gasteiger partial charge in [-0.3, -0.25) is 14.4 Å².